The van der Waals surface area contributed by atoms with E-state index in [-0.39, 0.29) is 37.6 Å². The Kier molecular flexibility index (Phi) is 4.37. The van der Waals surface area contributed by atoms with Gasteiger partial charge in [0.2, 0.25) is 0 Å². The van der Waals surface area contributed by atoms with Crippen molar-refractivity contribution in [1.82, 2.24) is 25.1 Å². The number of rotatable bonds is 4. The topological polar surface area (TPSA) is 121 Å². The number of tetrazole rings is 1. The number of amides is 1. The Morgan fingerprint density at radius 1 is 1.33 bits per heavy atom. The molecule has 1 saturated carbocycles. The minimum atomic E-state index is -1.39. The lowest BCUT2D eigenvalue weighted by Crippen LogP contribution is -2.55. The van der Waals surface area contributed by atoms with Crippen molar-refractivity contribution in [3.05, 3.63) is 6.33 Å². The number of piperidine rings is 1. The highest BCUT2D eigenvalue weighted by atomic mass is 19.1. The molecule has 4 atom stereocenters. The molecule has 0 radical (unpaired) electrons. The van der Waals surface area contributed by atoms with Crippen LogP contribution in [0, 0.1) is 11.8 Å². The standard InChI is InChI=1S/C14H20FN5O4/c15-14(3-4-19-8-16-17-18-19)2-1-9-7-20(13(23)24)11(12(21)22)5-10(9)6-14/h8-11H,1-7H2,(H,21,22)(H,23,24)/t9-,10-,11-,14?/m0/s1. The zero-order valence-corrected chi connectivity index (χ0v) is 13.1. The van der Waals surface area contributed by atoms with E-state index in [0.29, 0.717) is 19.4 Å². The van der Waals surface area contributed by atoms with Crippen LogP contribution in [0.3, 0.4) is 0 Å². The lowest BCUT2D eigenvalue weighted by Gasteiger charge is -2.47. The van der Waals surface area contributed by atoms with Crippen molar-refractivity contribution in [3.63, 3.8) is 0 Å². The summed E-state index contributed by atoms with van der Waals surface area (Å²) in [7, 11) is 0. The van der Waals surface area contributed by atoms with Crippen molar-refractivity contribution < 1.29 is 24.2 Å². The minimum Gasteiger partial charge on any atom is -0.480 e. The summed E-state index contributed by atoms with van der Waals surface area (Å²) in [6.07, 6.45) is 1.81. The van der Waals surface area contributed by atoms with Gasteiger partial charge in [0, 0.05) is 19.5 Å². The molecule has 24 heavy (non-hydrogen) atoms. The molecule has 9 nitrogen and oxygen atoms in total. The van der Waals surface area contributed by atoms with Gasteiger partial charge < -0.3 is 10.2 Å². The van der Waals surface area contributed by atoms with Crippen LogP contribution < -0.4 is 0 Å². The first-order chi connectivity index (χ1) is 11.4. The van der Waals surface area contributed by atoms with Gasteiger partial charge in [-0.2, -0.15) is 0 Å². The third-order valence-electron chi connectivity index (χ3n) is 5.30. The van der Waals surface area contributed by atoms with Crippen molar-refractivity contribution in [1.29, 1.82) is 0 Å². The molecule has 1 aromatic rings. The fraction of sp³-hybridized carbons (Fsp3) is 0.786. The molecule has 1 aromatic heterocycles. The second-order valence-electron chi connectivity index (χ2n) is 6.76. The largest absolute Gasteiger partial charge is 0.480 e. The molecule has 0 bridgehead atoms. The van der Waals surface area contributed by atoms with Crippen LogP contribution in [0.1, 0.15) is 32.1 Å². The highest BCUT2D eigenvalue weighted by Crippen LogP contribution is 2.46. The SMILES string of the molecule is O=C(O)[C@@H]1C[C@H]2CC(F)(CCn3cnnn3)CC[C@H]2CN1C(=O)O. The van der Waals surface area contributed by atoms with Gasteiger partial charge in [-0.05, 0) is 47.9 Å². The zero-order valence-electron chi connectivity index (χ0n) is 13.1. The quantitative estimate of drug-likeness (QED) is 0.838. The van der Waals surface area contributed by atoms with Crippen LogP contribution in [-0.2, 0) is 11.3 Å². The summed E-state index contributed by atoms with van der Waals surface area (Å²) in [5.74, 6) is -1.26. The van der Waals surface area contributed by atoms with E-state index in [4.69, 9.17) is 0 Å². The summed E-state index contributed by atoms with van der Waals surface area (Å²) in [5.41, 5.74) is -1.39. The lowest BCUT2D eigenvalue weighted by molar-refractivity contribution is -0.146. The Hall–Kier alpha value is -2.26. The minimum absolute atomic E-state index is 0.0219. The molecule has 1 unspecified atom stereocenters. The maximum Gasteiger partial charge on any atom is 0.408 e. The van der Waals surface area contributed by atoms with Crippen LogP contribution in [0.4, 0.5) is 9.18 Å². The molecule has 0 spiro atoms. The Bertz CT molecular complexity index is 612. The predicted octanol–water partition coefficient (Wildman–Crippen LogP) is 1.02. The molecule has 2 aliphatic rings. The number of nitrogens with zero attached hydrogens (tertiary/aromatic N) is 5. The third kappa shape index (κ3) is 3.31. The molecule has 10 heteroatoms. The van der Waals surface area contributed by atoms with E-state index in [2.05, 4.69) is 15.5 Å². The van der Waals surface area contributed by atoms with Gasteiger partial charge in [-0.3, -0.25) is 4.90 Å². The molecular formula is C14H20FN5O4. The molecular weight excluding hydrogens is 321 g/mol. The van der Waals surface area contributed by atoms with Gasteiger partial charge in [0.1, 0.15) is 18.0 Å². The van der Waals surface area contributed by atoms with Gasteiger partial charge in [-0.15, -0.1) is 5.10 Å². The molecule has 2 N–H and O–H groups in total. The molecule has 1 amide bonds. The van der Waals surface area contributed by atoms with E-state index in [1.165, 1.54) is 11.0 Å². The van der Waals surface area contributed by atoms with Gasteiger partial charge in [0.15, 0.2) is 0 Å². The van der Waals surface area contributed by atoms with Gasteiger partial charge in [0.05, 0.1) is 0 Å². The number of likely N-dealkylation sites (tertiary alicyclic amines) is 1. The number of carbonyl (C=O) groups is 2. The average Bonchev–Trinajstić information content (AvgIpc) is 3.05. The van der Waals surface area contributed by atoms with E-state index in [1.54, 1.807) is 0 Å². The molecule has 0 aromatic carbocycles. The Morgan fingerprint density at radius 2 is 2.12 bits per heavy atom. The van der Waals surface area contributed by atoms with Gasteiger partial charge in [-0.1, -0.05) is 0 Å². The fourth-order valence-electron chi connectivity index (χ4n) is 4.00. The number of aromatic nitrogens is 4. The smallest absolute Gasteiger partial charge is 0.408 e. The number of carboxylic acid groups (broad SMARTS) is 2. The van der Waals surface area contributed by atoms with Gasteiger partial charge in [0.25, 0.3) is 0 Å². The fourth-order valence-corrected chi connectivity index (χ4v) is 4.00. The number of halogens is 1. The van der Waals surface area contributed by atoms with Crippen molar-refractivity contribution in [3.8, 4) is 0 Å². The highest BCUT2D eigenvalue weighted by Gasteiger charge is 2.48. The maximum absolute atomic E-state index is 15.2. The number of carboxylic acids is 1. The van der Waals surface area contributed by atoms with Crippen molar-refractivity contribution in [2.75, 3.05) is 6.54 Å². The molecule has 132 valence electrons. The van der Waals surface area contributed by atoms with Crippen LogP contribution in [0.2, 0.25) is 0 Å². The molecule has 2 fully saturated rings. The average molecular weight is 341 g/mol. The Balaban J connectivity index is 1.66. The Labute approximate surface area is 137 Å². The molecule has 2 heterocycles. The molecule has 3 rings (SSSR count). The molecule has 1 aliphatic carbocycles. The molecule has 1 aliphatic heterocycles. The number of hydrogen-bond acceptors (Lipinski definition) is 5. The second kappa shape index (κ2) is 6.33. The van der Waals surface area contributed by atoms with E-state index in [9.17, 15) is 19.8 Å². The van der Waals surface area contributed by atoms with Crippen molar-refractivity contribution >= 4 is 12.1 Å². The third-order valence-corrected chi connectivity index (χ3v) is 5.30. The van der Waals surface area contributed by atoms with E-state index in [0.717, 1.165) is 4.90 Å². The van der Waals surface area contributed by atoms with E-state index >= 15 is 4.39 Å². The summed E-state index contributed by atoms with van der Waals surface area (Å²) in [5, 5.41) is 29.2. The Morgan fingerprint density at radius 3 is 2.75 bits per heavy atom. The number of hydrogen-bond donors (Lipinski definition) is 2. The maximum atomic E-state index is 15.2. The second-order valence-corrected chi connectivity index (χ2v) is 6.76. The summed E-state index contributed by atoms with van der Waals surface area (Å²) >= 11 is 0. The summed E-state index contributed by atoms with van der Waals surface area (Å²) in [6.45, 7) is 0.532. The zero-order chi connectivity index (χ0) is 17.3. The van der Waals surface area contributed by atoms with Gasteiger partial charge in [-0.25, -0.2) is 18.7 Å². The van der Waals surface area contributed by atoms with Crippen molar-refractivity contribution in [2.45, 2.75) is 50.4 Å². The number of aliphatic carboxylic acids is 1. The highest BCUT2D eigenvalue weighted by molar-refractivity contribution is 5.79. The first-order valence-electron chi connectivity index (χ1n) is 8.00. The van der Waals surface area contributed by atoms with Crippen LogP contribution in [0.5, 0.6) is 0 Å². The van der Waals surface area contributed by atoms with E-state index in [1.807, 2.05) is 0 Å². The summed E-state index contributed by atoms with van der Waals surface area (Å²) < 4.78 is 16.6. The first-order valence-corrected chi connectivity index (χ1v) is 8.00. The molecule has 1 saturated heterocycles. The summed E-state index contributed by atoms with van der Waals surface area (Å²) in [6, 6.07) is -1.09. The predicted molar refractivity (Wildman–Crippen MR) is 77.9 cm³/mol. The van der Waals surface area contributed by atoms with Crippen LogP contribution in [-0.4, -0.2) is 65.6 Å². The van der Waals surface area contributed by atoms with Crippen LogP contribution in [0.15, 0.2) is 6.33 Å². The lowest BCUT2D eigenvalue weighted by atomic mass is 9.67. The van der Waals surface area contributed by atoms with Crippen LogP contribution >= 0.6 is 0 Å². The normalized spacial score (nSPS) is 33.0. The van der Waals surface area contributed by atoms with Crippen molar-refractivity contribution in [2.24, 2.45) is 11.8 Å². The summed E-state index contributed by atoms with van der Waals surface area (Å²) in [4.78, 5) is 23.6. The number of fused-ring (bicyclic) bond motifs is 1. The number of aryl methyl sites for hydroxylation is 1. The number of alkyl halides is 1. The van der Waals surface area contributed by atoms with Gasteiger partial charge >= 0.3 is 12.1 Å². The van der Waals surface area contributed by atoms with Crippen LogP contribution in [0.25, 0.3) is 0 Å². The monoisotopic (exact) mass is 341 g/mol. The first kappa shape index (κ1) is 16.6. The van der Waals surface area contributed by atoms with E-state index < -0.39 is 23.8 Å².